The van der Waals surface area contributed by atoms with Gasteiger partial charge in [-0.2, -0.15) is 8.42 Å². The summed E-state index contributed by atoms with van der Waals surface area (Å²) in [6.45, 7) is 0.338. The fourth-order valence-corrected chi connectivity index (χ4v) is 3.79. The van der Waals surface area contributed by atoms with E-state index in [1.54, 1.807) is 6.07 Å². The van der Waals surface area contributed by atoms with Crippen molar-refractivity contribution in [3.05, 3.63) is 35.8 Å². The smallest absolute Gasteiger partial charge is 0.330 e. The van der Waals surface area contributed by atoms with E-state index in [0.717, 1.165) is 22.3 Å². The van der Waals surface area contributed by atoms with E-state index in [9.17, 15) is 27.0 Å². The molecule has 2 rings (SSSR count). The Morgan fingerprint density at radius 3 is 2.50 bits per heavy atom. The molecule has 0 amide bonds. The number of unbranched alkanes of at least 4 members (excludes halogenated alkanes) is 1. The molecule has 134 valence electrons. The second-order valence-electron chi connectivity index (χ2n) is 5.36. The summed E-state index contributed by atoms with van der Waals surface area (Å²) in [5, 5.41) is 19.3. The van der Waals surface area contributed by atoms with E-state index in [4.69, 9.17) is 0 Å². The van der Waals surface area contributed by atoms with E-state index < -0.39 is 26.1 Å². The lowest BCUT2D eigenvalue weighted by Crippen LogP contribution is -2.29. The zero-order chi connectivity index (χ0) is 18.0. The molecule has 24 heavy (non-hydrogen) atoms. The van der Waals surface area contributed by atoms with Crippen LogP contribution in [0.5, 0.6) is 5.75 Å². The van der Waals surface area contributed by atoms with Gasteiger partial charge < -0.3 is 10.2 Å². The minimum Gasteiger partial charge on any atom is -0.506 e. The number of phenolic OH excluding ortho intramolecular Hbond substituents is 1. The summed E-state index contributed by atoms with van der Waals surface area (Å²) in [5.74, 6) is -0.769. The Bertz CT molecular complexity index is 848. The molecule has 0 atom stereocenters. The van der Waals surface area contributed by atoms with Crippen molar-refractivity contribution in [3.8, 4) is 5.75 Å². The van der Waals surface area contributed by atoms with Gasteiger partial charge in [0.2, 0.25) is 15.9 Å². The second kappa shape index (κ2) is 6.87. The molecule has 0 fully saturated rings. The normalized spacial score (nSPS) is 16.7. The minimum atomic E-state index is -3.95. The fourth-order valence-electron chi connectivity index (χ4n) is 2.21. The highest BCUT2D eigenvalue weighted by Gasteiger charge is 2.30. The number of anilines is 1. The van der Waals surface area contributed by atoms with Gasteiger partial charge in [-0.05, 0) is 37.0 Å². The molecule has 0 aliphatic carbocycles. The van der Waals surface area contributed by atoms with E-state index in [2.05, 4.69) is 4.72 Å². The molecule has 9 nitrogen and oxygen atoms in total. The Labute approximate surface area is 140 Å². The number of aliphatic hydroxyl groups excluding tert-OH is 1. The van der Waals surface area contributed by atoms with Crippen molar-refractivity contribution in [2.45, 2.75) is 19.3 Å². The topological polar surface area (TPSA) is 136 Å². The molecule has 11 heteroatoms. The van der Waals surface area contributed by atoms with E-state index >= 15 is 0 Å². The van der Waals surface area contributed by atoms with Gasteiger partial charge in [-0.3, -0.25) is 0 Å². The van der Waals surface area contributed by atoms with Crippen LogP contribution in [0.3, 0.4) is 0 Å². The molecule has 1 aromatic carbocycles. The zero-order valence-electron chi connectivity index (χ0n) is 12.9. The van der Waals surface area contributed by atoms with E-state index in [1.165, 1.54) is 12.1 Å². The third-order valence-corrected chi connectivity index (χ3v) is 5.28. The predicted molar refractivity (Wildman–Crippen MR) is 89.1 cm³/mol. The molecular formula is C13H19N3O6S2. The number of benzene rings is 1. The lowest BCUT2D eigenvalue weighted by atomic mass is 10.1. The number of hydrogen-bond donors (Lipinski definition) is 4. The second-order valence-corrected chi connectivity index (χ2v) is 8.74. The Balaban J connectivity index is 1.98. The summed E-state index contributed by atoms with van der Waals surface area (Å²) in [6, 6.07) is 4.55. The van der Waals surface area contributed by atoms with Gasteiger partial charge in [-0.25, -0.2) is 22.2 Å². The monoisotopic (exact) mass is 377 g/mol. The summed E-state index contributed by atoms with van der Waals surface area (Å²) in [5.41, 5.74) is 0.808. The molecule has 0 bridgehead atoms. The molecule has 0 saturated carbocycles. The molecule has 4 N–H and O–H groups in total. The molecular weight excluding hydrogens is 358 g/mol. The maximum absolute atomic E-state index is 11.8. The van der Waals surface area contributed by atoms with Crippen molar-refractivity contribution >= 4 is 25.9 Å². The first-order valence-electron chi connectivity index (χ1n) is 7.08. The van der Waals surface area contributed by atoms with Crippen molar-refractivity contribution in [1.82, 2.24) is 9.44 Å². The Morgan fingerprint density at radius 2 is 1.96 bits per heavy atom. The van der Waals surface area contributed by atoms with Crippen LogP contribution in [0.4, 0.5) is 5.69 Å². The largest absolute Gasteiger partial charge is 0.506 e. The summed E-state index contributed by atoms with van der Waals surface area (Å²) in [6.07, 6.45) is 3.99. The molecule has 0 radical (unpaired) electrons. The highest BCUT2D eigenvalue weighted by molar-refractivity contribution is 7.91. The van der Waals surface area contributed by atoms with Crippen LogP contribution in [0.15, 0.2) is 30.3 Å². The number of hydrogen-bond acceptors (Lipinski definition) is 6. The van der Waals surface area contributed by atoms with Gasteiger partial charge in [-0.1, -0.05) is 6.07 Å². The van der Waals surface area contributed by atoms with Gasteiger partial charge >= 0.3 is 10.2 Å². The molecule has 1 aromatic rings. The predicted octanol–water partition coefficient (Wildman–Crippen LogP) is 0.275. The highest BCUT2D eigenvalue weighted by Crippen LogP contribution is 2.32. The molecule has 0 saturated heterocycles. The number of nitrogens with zero attached hydrogens (tertiary/aromatic N) is 1. The van der Waals surface area contributed by atoms with E-state index in [-0.39, 0.29) is 11.4 Å². The van der Waals surface area contributed by atoms with Crippen molar-refractivity contribution in [2.75, 3.05) is 17.1 Å². The van der Waals surface area contributed by atoms with E-state index in [1.807, 2.05) is 4.72 Å². The number of aromatic hydroxyl groups is 1. The van der Waals surface area contributed by atoms with Gasteiger partial charge in [0.25, 0.3) is 0 Å². The average molecular weight is 377 g/mol. The van der Waals surface area contributed by atoms with Crippen molar-refractivity contribution < 1.29 is 27.0 Å². The van der Waals surface area contributed by atoms with Crippen LogP contribution in [-0.2, 0) is 26.7 Å². The zero-order valence-corrected chi connectivity index (χ0v) is 14.6. The minimum absolute atomic E-state index is 0.0223. The Kier molecular flexibility index (Phi) is 5.26. The van der Waals surface area contributed by atoms with Crippen LogP contribution in [0.25, 0.3) is 0 Å². The lowest BCUT2D eigenvalue weighted by Gasteiger charge is -2.16. The van der Waals surface area contributed by atoms with Crippen LogP contribution < -0.4 is 13.7 Å². The quantitative estimate of drug-likeness (QED) is 0.504. The average Bonchev–Trinajstić information content (AvgIpc) is 2.70. The van der Waals surface area contributed by atoms with Crippen LogP contribution >= 0.6 is 0 Å². The molecule has 0 spiro atoms. The molecule has 0 unspecified atom stereocenters. The molecule has 1 aliphatic heterocycles. The molecule has 1 heterocycles. The standard InChI is InChI=1S/C13H19N3O6S2/c1-23(19,20)14-7-3-2-4-10-5-6-11(12(17)8-10)16-9-13(18)15-24(16,21)22/h5-6,8-9,14-15,17-18H,2-4,7H2,1H3. The van der Waals surface area contributed by atoms with Crippen molar-refractivity contribution in [1.29, 1.82) is 0 Å². The summed E-state index contributed by atoms with van der Waals surface area (Å²) < 4.78 is 50.4. The number of phenols is 1. The molecule has 1 aliphatic rings. The third kappa shape index (κ3) is 4.76. The highest BCUT2D eigenvalue weighted by atomic mass is 32.2. The fraction of sp³-hybridized carbons (Fsp3) is 0.385. The summed E-state index contributed by atoms with van der Waals surface area (Å²) in [7, 11) is -7.14. The number of rotatable bonds is 7. The Hall–Kier alpha value is -1.98. The number of aliphatic hydroxyl groups is 1. The van der Waals surface area contributed by atoms with E-state index in [0.29, 0.717) is 25.8 Å². The van der Waals surface area contributed by atoms with Crippen LogP contribution in [0, 0.1) is 0 Å². The first-order chi connectivity index (χ1) is 11.1. The van der Waals surface area contributed by atoms with Gasteiger partial charge in [0.05, 0.1) is 12.5 Å². The third-order valence-electron chi connectivity index (χ3n) is 3.27. The van der Waals surface area contributed by atoms with Gasteiger partial charge in [0.15, 0.2) is 0 Å². The number of sulfonamides is 1. The molecule has 0 aromatic heterocycles. The summed E-state index contributed by atoms with van der Waals surface area (Å²) >= 11 is 0. The number of aryl methyl sites for hydroxylation is 1. The SMILES string of the molecule is CS(=O)(=O)NCCCCc1ccc(N2C=C(O)NS2(=O)=O)c(O)c1. The maximum atomic E-state index is 11.8. The van der Waals surface area contributed by atoms with Crippen LogP contribution in [0.1, 0.15) is 18.4 Å². The van der Waals surface area contributed by atoms with Crippen LogP contribution in [0.2, 0.25) is 0 Å². The lowest BCUT2D eigenvalue weighted by molar-refractivity contribution is 0.392. The maximum Gasteiger partial charge on any atom is 0.330 e. The summed E-state index contributed by atoms with van der Waals surface area (Å²) in [4.78, 5) is 0. The van der Waals surface area contributed by atoms with Crippen molar-refractivity contribution in [3.63, 3.8) is 0 Å². The Morgan fingerprint density at radius 1 is 1.25 bits per heavy atom. The van der Waals surface area contributed by atoms with Crippen molar-refractivity contribution in [2.24, 2.45) is 0 Å². The van der Waals surface area contributed by atoms with Crippen LogP contribution in [-0.4, -0.2) is 39.8 Å². The number of nitrogens with one attached hydrogen (secondary N) is 2. The van der Waals surface area contributed by atoms with Gasteiger partial charge in [0, 0.05) is 6.54 Å². The van der Waals surface area contributed by atoms with Gasteiger partial charge in [0.1, 0.15) is 11.4 Å². The van der Waals surface area contributed by atoms with Gasteiger partial charge in [-0.15, -0.1) is 0 Å². The first-order valence-corrected chi connectivity index (χ1v) is 10.4. The first kappa shape index (κ1) is 18.4.